The maximum Gasteiger partial charge on any atom is 0.0912 e. The summed E-state index contributed by atoms with van der Waals surface area (Å²) < 4.78 is 1.05. The average Bonchev–Trinajstić information content (AvgIpc) is 2.08. The molecule has 0 radical (unpaired) electrons. The van der Waals surface area contributed by atoms with E-state index in [0.29, 0.717) is 0 Å². The van der Waals surface area contributed by atoms with Gasteiger partial charge in [0.25, 0.3) is 0 Å². The van der Waals surface area contributed by atoms with Crippen LogP contribution in [0.4, 0.5) is 0 Å². The lowest BCUT2D eigenvalue weighted by Crippen LogP contribution is -2.11. The molecular weight excluding hydrogens is 218 g/mol. The van der Waals surface area contributed by atoms with Crippen LogP contribution in [-0.2, 0) is 0 Å². The quantitative estimate of drug-likeness (QED) is 0.812. The van der Waals surface area contributed by atoms with Crippen LogP contribution in [0, 0.1) is 6.92 Å². The van der Waals surface area contributed by atoms with Crippen molar-refractivity contribution < 1.29 is 5.11 Å². The van der Waals surface area contributed by atoms with Gasteiger partial charge in [0.15, 0.2) is 0 Å². The van der Waals surface area contributed by atoms with Gasteiger partial charge in [0, 0.05) is 11.0 Å². The first-order valence-corrected chi connectivity index (χ1v) is 4.58. The molecule has 1 aromatic rings. The van der Waals surface area contributed by atoms with Gasteiger partial charge in [-0.2, -0.15) is 0 Å². The predicted molar refractivity (Wildman–Crippen MR) is 52.9 cm³/mol. The Morgan fingerprint density at radius 1 is 1.58 bits per heavy atom. The fourth-order valence-corrected chi connectivity index (χ4v) is 1.26. The summed E-state index contributed by atoms with van der Waals surface area (Å²) in [5.74, 6) is 0. The molecule has 3 heteroatoms. The number of aliphatic hydroxyl groups excluding tert-OH is 1. The Bertz CT molecular complexity index is 275. The molecule has 12 heavy (non-hydrogen) atoms. The molecule has 0 heterocycles. The number of aryl methyl sites for hydroxylation is 1. The second-order valence-electron chi connectivity index (χ2n) is 2.76. The predicted octanol–water partition coefficient (Wildman–Crippen LogP) is 1.75. The molecule has 0 fully saturated rings. The van der Waals surface area contributed by atoms with Crippen molar-refractivity contribution in [1.29, 1.82) is 0 Å². The lowest BCUT2D eigenvalue weighted by atomic mass is 10.1. The van der Waals surface area contributed by atoms with Crippen LogP contribution < -0.4 is 5.73 Å². The molecule has 0 aliphatic heterocycles. The highest BCUT2D eigenvalue weighted by atomic mass is 79.9. The van der Waals surface area contributed by atoms with Gasteiger partial charge < -0.3 is 10.8 Å². The largest absolute Gasteiger partial charge is 0.387 e. The highest BCUT2D eigenvalue weighted by molar-refractivity contribution is 9.10. The fourth-order valence-electron chi connectivity index (χ4n) is 1.01. The zero-order valence-corrected chi connectivity index (χ0v) is 8.51. The van der Waals surface area contributed by atoms with Gasteiger partial charge in [0.2, 0.25) is 0 Å². The first-order valence-electron chi connectivity index (χ1n) is 3.79. The second-order valence-corrected chi connectivity index (χ2v) is 3.61. The highest BCUT2D eigenvalue weighted by Gasteiger charge is 2.05. The molecule has 0 saturated carbocycles. The number of hydrogen-bond acceptors (Lipinski definition) is 2. The van der Waals surface area contributed by atoms with Crippen molar-refractivity contribution in [2.24, 2.45) is 5.73 Å². The van der Waals surface area contributed by atoms with Crippen molar-refractivity contribution in [3.8, 4) is 0 Å². The Kier molecular flexibility index (Phi) is 3.26. The first kappa shape index (κ1) is 9.71. The summed E-state index contributed by atoms with van der Waals surface area (Å²) in [4.78, 5) is 0. The van der Waals surface area contributed by atoms with E-state index >= 15 is 0 Å². The SMILES string of the molecule is Cc1cc([C@@H](O)CN)ccc1Br. The molecule has 1 rings (SSSR count). The van der Waals surface area contributed by atoms with Gasteiger partial charge in [0.05, 0.1) is 6.10 Å². The number of aliphatic hydroxyl groups is 1. The topological polar surface area (TPSA) is 46.2 Å². The van der Waals surface area contributed by atoms with Crippen LogP contribution >= 0.6 is 15.9 Å². The van der Waals surface area contributed by atoms with Crippen molar-refractivity contribution in [2.75, 3.05) is 6.54 Å². The second kappa shape index (κ2) is 4.03. The van der Waals surface area contributed by atoms with Gasteiger partial charge in [-0.05, 0) is 24.1 Å². The molecule has 0 aromatic heterocycles. The van der Waals surface area contributed by atoms with E-state index < -0.39 is 6.10 Å². The van der Waals surface area contributed by atoms with Crippen LogP contribution in [0.5, 0.6) is 0 Å². The van der Waals surface area contributed by atoms with Crippen molar-refractivity contribution in [3.63, 3.8) is 0 Å². The van der Waals surface area contributed by atoms with Gasteiger partial charge >= 0.3 is 0 Å². The summed E-state index contributed by atoms with van der Waals surface area (Å²) in [6.07, 6.45) is -0.545. The number of nitrogens with two attached hydrogens (primary N) is 1. The van der Waals surface area contributed by atoms with Gasteiger partial charge in [-0.25, -0.2) is 0 Å². The van der Waals surface area contributed by atoms with Gasteiger partial charge in [-0.15, -0.1) is 0 Å². The van der Waals surface area contributed by atoms with E-state index in [4.69, 9.17) is 5.73 Å². The van der Waals surface area contributed by atoms with Crippen LogP contribution in [0.3, 0.4) is 0 Å². The van der Waals surface area contributed by atoms with Crippen LogP contribution in [-0.4, -0.2) is 11.7 Å². The Labute approximate surface area is 80.5 Å². The molecule has 0 unspecified atom stereocenters. The molecule has 1 aromatic carbocycles. The van der Waals surface area contributed by atoms with Crippen LogP contribution in [0.1, 0.15) is 17.2 Å². The molecular formula is C9H12BrNO. The maximum absolute atomic E-state index is 9.40. The number of halogens is 1. The van der Waals surface area contributed by atoms with E-state index in [9.17, 15) is 5.11 Å². The Hall–Kier alpha value is -0.380. The standard InChI is InChI=1S/C9H12BrNO/c1-6-4-7(9(12)5-11)2-3-8(6)10/h2-4,9,12H,5,11H2,1H3/t9-/m0/s1. The molecule has 0 spiro atoms. The van der Waals surface area contributed by atoms with Crippen molar-refractivity contribution in [2.45, 2.75) is 13.0 Å². The molecule has 1 atom stereocenters. The van der Waals surface area contributed by atoms with Crippen molar-refractivity contribution >= 4 is 15.9 Å². The van der Waals surface area contributed by atoms with E-state index in [1.165, 1.54) is 0 Å². The minimum Gasteiger partial charge on any atom is -0.387 e. The molecule has 0 amide bonds. The summed E-state index contributed by atoms with van der Waals surface area (Å²) in [6.45, 7) is 2.25. The smallest absolute Gasteiger partial charge is 0.0912 e. The summed E-state index contributed by atoms with van der Waals surface area (Å²) in [7, 11) is 0. The number of rotatable bonds is 2. The van der Waals surface area contributed by atoms with Crippen molar-refractivity contribution in [3.05, 3.63) is 33.8 Å². The zero-order chi connectivity index (χ0) is 9.14. The first-order chi connectivity index (χ1) is 5.65. The van der Waals surface area contributed by atoms with E-state index in [0.717, 1.165) is 15.6 Å². The van der Waals surface area contributed by atoms with Crippen LogP contribution in [0.15, 0.2) is 22.7 Å². The normalized spacial score (nSPS) is 13.0. The molecule has 3 N–H and O–H groups in total. The summed E-state index contributed by atoms with van der Waals surface area (Å²) in [5.41, 5.74) is 7.31. The highest BCUT2D eigenvalue weighted by Crippen LogP contribution is 2.20. The van der Waals surface area contributed by atoms with Crippen molar-refractivity contribution in [1.82, 2.24) is 0 Å². The summed E-state index contributed by atoms with van der Waals surface area (Å²) >= 11 is 3.39. The van der Waals surface area contributed by atoms with E-state index in [2.05, 4.69) is 15.9 Å². The fraction of sp³-hybridized carbons (Fsp3) is 0.333. The third-order valence-electron chi connectivity index (χ3n) is 1.79. The molecule has 66 valence electrons. The van der Waals surface area contributed by atoms with Gasteiger partial charge in [0.1, 0.15) is 0 Å². The Balaban J connectivity index is 2.96. The number of benzene rings is 1. The average molecular weight is 230 g/mol. The van der Waals surface area contributed by atoms with E-state index in [1.807, 2.05) is 25.1 Å². The minimum absolute atomic E-state index is 0.265. The monoisotopic (exact) mass is 229 g/mol. The van der Waals surface area contributed by atoms with E-state index in [-0.39, 0.29) is 6.54 Å². The summed E-state index contributed by atoms with van der Waals surface area (Å²) in [6, 6.07) is 5.72. The zero-order valence-electron chi connectivity index (χ0n) is 6.92. The Morgan fingerprint density at radius 3 is 2.75 bits per heavy atom. The lowest BCUT2D eigenvalue weighted by molar-refractivity contribution is 0.186. The van der Waals surface area contributed by atoms with Gasteiger partial charge in [-0.3, -0.25) is 0 Å². The molecule has 2 nitrogen and oxygen atoms in total. The minimum atomic E-state index is -0.545. The molecule has 0 saturated heterocycles. The molecule has 0 aliphatic carbocycles. The molecule has 0 bridgehead atoms. The third kappa shape index (κ3) is 2.06. The maximum atomic E-state index is 9.40. The number of hydrogen-bond donors (Lipinski definition) is 2. The van der Waals surface area contributed by atoms with E-state index in [1.54, 1.807) is 0 Å². The van der Waals surface area contributed by atoms with Crippen LogP contribution in [0.25, 0.3) is 0 Å². The lowest BCUT2D eigenvalue weighted by Gasteiger charge is -2.09. The Morgan fingerprint density at radius 2 is 2.25 bits per heavy atom. The summed E-state index contributed by atoms with van der Waals surface area (Å²) in [5, 5.41) is 9.40. The molecule has 0 aliphatic rings. The van der Waals surface area contributed by atoms with Crippen LogP contribution in [0.2, 0.25) is 0 Å². The van der Waals surface area contributed by atoms with Gasteiger partial charge in [-0.1, -0.05) is 28.1 Å². The third-order valence-corrected chi connectivity index (χ3v) is 2.68.